The van der Waals surface area contributed by atoms with Crippen LogP contribution in [-0.2, 0) is 0 Å². The predicted octanol–water partition coefficient (Wildman–Crippen LogP) is 0.124. The molecule has 1 aromatic heterocycles. The molecular formula is C14H21N3O4. The number of aromatic amines is 2. The zero-order chi connectivity index (χ0) is 15.5. The normalized spacial score (nSPS) is 25.5. The maximum absolute atomic E-state index is 11.9. The number of hydrogen-bond acceptors (Lipinski definition) is 4. The van der Waals surface area contributed by atoms with Gasteiger partial charge in [0.1, 0.15) is 5.69 Å². The fourth-order valence-electron chi connectivity index (χ4n) is 2.73. The van der Waals surface area contributed by atoms with Crippen molar-refractivity contribution < 1.29 is 9.90 Å². The molecule has 1 aromatic rings. The summed E-state index contributed by atoms with van der Waals surface area (Å²) in [5.74, 6) is 0.0780. The van der Waals surface area contributed by atoms with Crippen molar-refractivity contribution in [2.24, 2.45) is 5.92 Å². The summed E-state index contributed by atoms with van der Waals surface area (Å²) in [4.78, 5) is 38.4. The van der Waals surface area contributed by atoms with Crippen LogP contribution >= 0.6 is 0 Å². The molecule has 0 unspecified atom stereocenters. The molecular weight excluding hydrogens is 274 g/mol. The zero-order valence-corrected chi connectivity index (χ0v) is 12.1. The van der Waals surface area contributed by atoms with Crippen LogP contribution in [0.3, 0.4) is 0 Å². The lowest BCUT2D eigenvalue weighted by atomic mass is 9.78. The second-order valence-corrected chi connectivity index (χ2v) is 5.76. The first-order chi connectivity index (χ1) is 9.92. The Hall–Kier alpha value is -1.89. The highest BCUT2D eigenvalue weighted by Crippen LogP contribution is 2.33. The number of aromatic nitrogens is 2. The fraction of sp³-hybridized carbons (Fsp3) is 0.643. The quantitative estimate of drug-likeness (QED) is 0.631. The van der Waals surface area contributed by atoms with Gasteiger partial charge in [-0.2, -0.15) is 0 Å². The van der Waals surface area contributed by atoms with Gasteiger partial charge in [0.25, 0.3) is 11.5 Å². The molecule has 116 valence electrons. The molecule has 4 N–H and O–H groups in total. The van der Waals surface area contributed by atoms with Crippen molar-refractivity contribution in [2.75, 3.05) is 6.54 Å². The summed E-state index contributed by atoms with van der Waals surface area (Å²) in [5, 5.41) is 13.0. The highest BCUT2D eigenvalue weighted by atomic mass is 16.3. The van der Waals surface area contributed by atoms with Crippen molar-refractivity contribution in [3.05, 3.63) is 32.6 Å². The first-order valence-electron chi connectivity index (χ1n) is 7.26. The Morgan fingerprint density at radius 3 is 2.62 bits per heavy atom. The lowest BCUT2D eigenvalue weighted by molar-refractivity contribution is -0.00790. The predicted molar refractivity (Wildman–Crippen MR) is 77.2 cm³/mol. The maximum Gasteiger partial charge on any atom is 0.326 e. The van der Waals surface area contributed by atoms with E-state index in [2.05, 4.69) is 17.2 Å². The highest BCUT2D eigenvalue weighted by Gasteiger charge is 2.32. The van der Waals surface area contributed by atoms with Gasteiger partial charge in [0.2, 0.25) is 0 Å². The SMILES string of the molecule is CCC1CCC(O)(CNC(=O)c2cc(=O)[nH]c(=O)[nH]2)CC1. The van der Waals surface area contributed by atoms with Crippen LogP contribution in [0, 0.1) is 5.92 Å². The standard InChI is InChI=1S/C14H21N3O4/c1-2-9-3-5-14(21,6-4-9)8-15-12(19)10-7-11(18)17-13(20)16-10/h7,9,21H,2-6,8H2,1H3,(H,15,19)(H2,16,17,18,20). The Morgan fingerprint density at radius 1 is 1.38 bits per heavy atom. The number of hydrogen-bond donors (Lipinski definition) is 4. The molecule has 0 atom stereocenters. The second-order valence-electron chi connectivity index (χ2n) is 5.76. The molecule has 1 aliphatic carbocycles. The molecule has 0 spiro atoms. The van der Waals surface area contributed by atoms with Gasteiger partial charge in [-0.25, -0.2) is 4.79 Å². The monoisotopic (exact) mass is 295 g/mol. The number of carbonyl (C=O) groups is 1. The molecule has 0 radical (unpaired) electrons. The average Bonchev–Trinajstić information content (AvgIpc) is 2.45. The molecule has 2 rings (SSSR count). The van der Waals surface area contributed by atoms with E-state index in [0.29, 0.717) is 18.8 Å². The van der Waals surface area contributed by atoms with Gasteiger partial charge in [0.05, 0.1) is 5.60 Å². The van der Waals surface area contributed by atoms with E-state index < -0.39 is 22.8 Å². The smallest absolute Gasteiger partial charge is 0.326 e. The zero-order valence-electron chi connectivity index (χ0n) is 12.1. The van der Waals surface area contributed by atoms with Crippen molar-refractivity contribution in [1.82, 2.24) is 15.3 Å². The molecule has 1 fully saturated rings. The summed E-state index contributed by atoms with van der Waals surface area (Å²) in [7, 11) is 0. The van der Waals surface area contributed by atoms with Gasteiger partial charge in [-0.3, -0.25) is 14.6 Å². The third kappa shape index (κ3) is 4.04. The molecule has 1 saturated carbocycles. The lowest BCUT2D eigenvalue weighted by Crippen LogP contribution is -2.45. The Bertz CT molecular complexity index is 583. The highest BCUT2D eigenvalue weighted by molar-refractivity contribution is 5.92. The fourth-order valence-corrected chi connectivity index (χ4v) is 2.73. The van der Waals surface area contributed by atoms with Crippen molar-refractivity contribution >= 4 is 5.91 Å². The summed E-state index contributed by atoms with van der Waals surface area (Å²) in [6, 6.07) is 1.02. The molecule has 0 saturated heterocycles. The Labute approximate surface area is 121 Å². The van der Waals surface area contributed by atoms with Crippen LogP contribution in [0.25, 0.3) is 0 Å². The van der Waals surface area contributed by atoms with Crippen LogP contribution in [0.1, 0.15) is 49.5 Å². The van der Waals surface area contributed by atoms with E-state index in [1.54, 1.807) is 0 Å². The molecule has 21 heavy (non-hydrogen) atoms. The summed E-state index contributed by atoms with van der Waals surface area (Å²) in [6.07, 6.45) is 4.31. The molecule has 0 aliphatic heterocycles. The van der Waals surface area contributed by atoms with E-state index in [4.69, 9.17) is 0 Å². The molecule has 0 bridgehead atoms. The maximum atomic E-state index is 11.9. The Balaban J connectivity index is 1.95. The Morgan fingerprint density at radius 2 is 2.05 bits per heavy atom. The van der Waals surface area contributed by atoms with Gasteiger partial charge in [-0.15, -0.1) is 0 Å². The third-order valence-corrected chi connectivity index (χ3v) is 4.20. The Kier molecular flexibility index (Phi) is 4.62. The van der Waals surface area contributed by atoms with Crippen LogP contribution in [0.2, 0.25) is 0 Å². The number of carbonyl (C=O) groups excluding carboxylic acids is 1. The van der Waals surface area contributed by atoms with Gasteiger partial charge in [0, 0.05) is 12.6 Å². The van der Waals surface area contributed by atoms with E-state index >= 15 is 0 Å². The molecule has 1 aliphatic rings. The minimum absolute atomic E-state index is 0.102. The van der Waals surface area contributed by atoms with Gasteiger partial charge < -0.3 is 15.4 Å². The first kappa shape index (κ1) is 15.5. The van der Waals surface area contributed by atoms with Gasteiger partial charge in [-0.05, 0) is 31.6 Å². The summed E-state index contributed by atoms with van der Waals surface area (Å²) in [6.45, 7) is 2.26. The average molecular weight is 295 g/mol. The number of rotatable bonds is 4. The van der Waals surface area contributed by atoms with E-state index in [9.17, 15) is 19.5 Å². The largest absolute Gasteiger partial charge is 0.388 e. The second kappa shape index (κ2) is 6.26. The van der Waals surface area contributed by atoms with Crippen LogP contribution in [0.5, 0.6) is 0 Å². The topological polar surface area (TPSA) is 115 Å². The van der Waals surface area contributed by atoms with Gasteiger partial charge in [-0.1, -0.05) is 13.3 Å². The molecule has 1 amide bonds. The van der Waals surface area contributed by atoms with Gasteiger partial charge in [0.15, 0.2) is 0 Å². The molecule has 7 nitrogen and oxygen atoms in total. The third-order valence-electron chi connectivity index (χ3n) is 4.20. The van der Waals surface area contributed by atoms with Crippen LogP contribution in [0.15, 0.2) is 15.7 Å². The van der Waals surface area contributed by atoms with Crippen LogP contribution < -0.4 is 16.6 Å². The molecule has 7 heteroatoms. The van der Waals surface area contributed by atoms with Crippen molar-refractivity contribution in [2.45, 2.75) is 44.6 Å². The summed E-state index contributed by atoms with van der Waals surface area (Å²) >= 11 is 0. The van der Waals surface area contributed by atoms with E-state index in [1.807, 2.05) is 4.98 Å². The van der Waals surface area contributed by atoms with Gasteiger partial charge >= 0.3 is 5.69 Å². The summed E-state index contributed by atoms with van der Waals surface area (Å²) in [5.41, 5.74) is -2.36. The van der Waals surface area contributed by atoms with E-state index in [0.717, 1.165) is 25.3 Å². The minimum atomic E-state index is -0.900. The van der Waals surface area contributed by atoms with Crippen molar-refractivity contribution in [1.29, 1.82) is 0 Å². The lowest BCUT2D eigenvalue weighted by Gasteiger charge is -2.35. The van der Waals surface area contributed by atoms with Crippen molar-refractivity contribution in [3.8, 4) is 0 Å². The number of amides is 1. The number of nitrogens with one attached hydrogen (secondary N) is 3. The molecule has 0 aromatic carbocycles. The number of H-pyrrole nitrogens is 2. The first-order valence-corrected chi connectivity index (χ1v) is 7.26. The minimum Gasteiger partial charge on any atom is -0.388 e. The van der Waals surface area contributed by atoms with Crippen molar-refractivity contribution in [3.63, 3.8) is 0 Å². The van der Waals surface area contributed by atoms with E-state index in [1.165, 1.54) is 0 Å². The van der Waals surface area contributed by atoms with Crippen LogP contribution in [0.4, 0.5) is 0 Å². The summed E-state index contributed by atoms with van der Waals surface area (Å²) < 4.78 is 0. The van der Waals surface area contributed by atoms with Crippen LogP contribution in [-0.4, -0.2) is 33.1 Å². The number of aliphatic hydroxyl groups is 1. The van der Waals surface area contributed by atoms with E-state index in [-0.39, 0.29) is 12.2 Å². The molecule has 1 heterocycles.